The lowest BCUT2D eigenvalue weighted by atomic mass is 9.94. The van der Waals surface area contributed by atoms with E-state index in [1.807, 2.05) is 64.3 Å². The van der Waals surface area contributed by atoms with Crippen LogP contribution in [0.5, 0.6) is 11.6 Å². The average Bonchev–Trinajstić information content (AvgIpc) is 3.58. The largest absolute Gasteiger partial charge is 0.497 e. The Morgan fingerprint density at radius 3 is 2.26 bits per heavy atom. The van der Waals surface area contributed by atoms with Crippen molar-refractivity contribution >= 4 is 40.7 Å². The molecule has 2 aromatic carbocycles. The second-order valence-corrected chi connectivity index (χ2v) is 12.5. The van der Waals surface area contributed by atoms with E-state index in [0.717, 1.165) is 16.8 Å². The quantitative estimate of drug-likeness (QED) is 0.184. The van der Waals surface area contributed by atoms with Gasteiger partial charge in [-0.3, -0.25) is 14.5 Å². The third kappa shape index (κ3) is 5.81. The van der Waals surface area contributed by atoms with Crippen LogP contribution in [0.25, 0.3) is 5.69 Å². The molecule has 0 saturated heterocycles. The first-order valence-corrected chi connectivity index (χ1v) is 15.6. The number of halogens is 2. The molecule has 0 radical (unpaired) electrons. The van der Waals surface area contributed by atoms with Crippen LogP contribution in [0.15, 0.2) is 71.8 Å². The molecule has 242 valence electrons. The van der Waals surface area contributed by atoms with Gasteiger partial charge in [0.05, 0.1) is 43.7 Å². The lowest BCUT2D eigenvalue weighted by Crippen LogP contribution is -2.36. The molecule has 11 nitrogen and oxygen atoms in total. The van der Waals surface area contributed by atoms with Gasteiger partial charge in [-0.2, -0.15) is 10.1 Å². The van der Waals surface area contributed by atoms with Crippen LogP contribution in [0.3, 0.4) is 0 Å². The summed E-state index contributed by atoms with van der Waals surface area (Å²) >= 11 is 12.9. The van der Waals surface area contributed by atoms with Crippen LogP contribution in [0.1, 0.15) is 58.7 Å². The second-order valence-electron chi connectivity index (χ2n) is 11.6. The van der Waals surface area contributed by atoms with Gasteiger partial charge in [0.2, 0.25) is 11.8 Å². The van der Waals surface area contributed by atoms with Crippen molar-refractivity contribution in [3.63, 3.8) is 0 Å². The van der Waals surface area contributed by atoms with Crippen LogP contribution in [0, 0.1) is 0 Å². The molecule has 0 fully saturated rings. The number of ether oxygens (including phenoxy) is 2. The maximum atomic E-state index is 14.5. The number of nitrogens with zero attached hydrogens (tertiary/aromatic N) is 7. The van der Waals surface area contributed by atoms with E-state index in [4.69, 9.17) is 37.8 Å². The highest BCUT2D eigenvalue weighted by Gasteiger charge is 2.46. The van der Waals surface area contributed by atoms with E-state index in [1.54, 1.807) is 41.2 Å². The van der Waals surface area contributed by atoms with Gasteiger partial charge in [-0.1, -0.05) is 61.3 Å². The minimum Gasteiger partial charge on any atom is -0.497 e. The van der Waals surface area contributed by atoms with Crippen molar-refractivity contribution in [2.45, 2.75) is 32.4 Å². The van der Waals surface area contributed by atoms with Crippen LogP contribution >= 0.6 is 23.2 Å². The first-order valence-electron chi connectivity index (χ1n) is 14.9. The normalized spacial score (nSPS) is 14.1. The monoisotopic (exact) mass is 673 g/mol. The molecule has 0 saturated carbocycles. The number of aromatic nitrogens is 5. The number of hydrogen-bond acceptors (Lipinski definition) is 8. The van der Waals surface area contributed by atoms with Crippen LogP contribution in [0.2, 0.25) is 10.0 Å². The van der Waals surface area contributed by atoms with Gasteiger partial charge < -0.3 is 18.9 Å². The topological polar surface area (TPSA) is 108 Å². The van der Waals surface area contributed by atoms with Gasteiger partial charge in [0, 0.05) is 30.9 Å². The molecular formula is C34H33Cl2N7O4. The zero-order chi connectivity index (χ0) is 33.6. The van der Waals surface area contributed by atoms with Gasteiger partial charge in [0.25, 0.3) is 11.5 Å². The molecule has 47 heavy (non-hydrogen) atoms. The summed E-state index contributed by atoms with van der Waals surface area (Å²) in [5.41, 5.74) is 3.45. The molecule has 4 heterocycles. The van der Waals surface area contributed by atoms with E-state index in [0.29, 0.717) is 38.9 Å². The number of carbonyl (C=O) groups excluding carboxylic acids is 1. The van der Waals surface area contributed by atoms with Gasteiger partial charge in [-0.15, -0.1) is 0 Å². The number of anilines is 2. The number of methoxy groups -OCH3 is 2. The summed E-state index contributed by atoms with van der Waals surface area (Å²) in [6.45, 7) is 4.27. The summed E-state index contributed by atoms with van der Waals surface area (Å²) in [6.07, 6.45) is 3.20. The number of benzene rings is 2. The highest BCUT2D eigenvalue weighted by molar-refractivity contribution is 6.31. The van der Waals surface area contributed by atoms with E-state index in [1.165, 1.54) is 22.6 Å². The summed E-state index contributed by atoms with van der Waals surface area (Å²) in [5.74, 6) is 0.911. The van der Waals surface area contributed by atoms with Crippen molar-refractivity contribution in [3.05, 3.63) is 115 Å². The lowest BCUT2D eigenvalue weighted by molar-refractivity contribution is 0.0988. The number of pyridine rings is 1. The molecule has 3 aromatic heterocycles. The van der Waals surface area contributed by atoms with E-state index in [-0.39, 0.29) is 29.4 Å². The molecule has 1 aliphatic heterocycles. The van der Waals surface area contributed by atoms with Crippen molar-refractivity contribution in [3.8, 4) is 17.3 Å². The lowest BCUT2D eigenvalue weighted by Gasteiger charge is -2.28. The molecule has 0 bridgehead atoms. The molecule has 0 spiro atoms. The molecule has 0 N–H and O–H groups in total. The predicted molar refractivity (Wildman–Crippen MR) is 182 cm³/mol. The van der Waals surface area contributed by atoms with Crippen molar-refractivity contribution in [2.75, 3.05) is 38.1 Å². The highest BCUT2D eigenvalue weighted by Crippen LogP contribution is 2.45. The van der Waals surface area contributed by atoms with Gasteiger partial charge in [-0.25, -0.2) is 9.67 Å². The fourth-order valence-corrected chi connectivity index (χ4v) is 6.19. The maximum Gasteiger partial charge on any atom is 0.280 e. The third-order valence-corrected chi connectivity index (χ3v) is 8.45. The number of fused-ring (bicyclic) bond motifs is 1. The Hall–Kier alpha value is -4.87. The predicted octanol–water partition coefficient (Wildman–Crippen LogP) is 6.14. The SMILES string of the molecule is COc1ccc(Cn2cc(Cl)cc(N3C(=O)c4nn(-c5cnc(N(C)C)nc5OC)c(C(C)C)c4C3c3ccc(Cl)cc3)c2=O)cc1. The zero-order valence-electron chi connectivity index (χ0n) is 26.7. The van der Waals surface area contributed by atoms with Crippen molar-refractivity contribution in [2.24, 2.45) is 0 Å². The number of hydrogen-bond donors (Lipinski definition) is 0. The Morgan fingerprint density at radius 2 is 1.64 bits per heavy atom. The molecule has 1 aliphatic rings. The summed E-state index contributed by atoms with van der Waals surface area (Å²) < 4.78 is 14.1. The molecule has 1 atom stereocenters. The second kappa shape index (κ2) is 12.7. The Kier molecular flexibility index (Phi) is 8.69. The Bertz CT molecular complexity index is 2020. The van der Waals surface area contributed by atoms with Crippen molar-refractivity contribution < 1.29 is 14.3 Å². The van der Waals surface area contributed by atoms with Crippen LogP contribution < -0.4 is 24.8 Å². The fourth-order valence-electron chi connectivity index (χ4n) is 5.84. The van der Waals surface area contributed by atoms with Gasteiger partial charge in [0.15, 0.2) is 5.69 Å². The molecule has 5 aromatic rings. The first-order chi connectivity index (χ1) is 22.5. The minimum atomic E-state index is -0.713. The molecule has 1 amide bonds. The summed E-state index contributed by atoms with van der Waals surface area (Å²) in [6, 6.07) is 15.4. The molecule has 13 heteroatoms. The Morgan fingerprint density at radius 1 is 0.936 bits per heavy atom. The average molecular weight is 675 g/mol. The third-order valence-electron chi connectivity index (χ3n) is 7.99. The molecular weight excluding hydrogens is 641 g/mol. The molecule has 0 aliphatic carbocycles. The van der Waals surface area contributed by atoms with Crippen molar-refractivity contribution in [1.29, 1.82) is 0 Å². The Labute approximate surface area is 281 Å². The zero-order valence-corrected chi connectivity index (χ0v) is 28.2. The van der Waals surface area contributed by atoms with Gasteiger partial charge in [0.1, 0.15) is 17.1 Å². The van der Waals surface area contributed by atoms with Crippen LogP contribution in [0.4, 0.5) is 11.6 Å². The number of amides is 1. The van der Waals surface area contributed by atoms with Crippen LogP contribution in [-0.2, 0) is 6.54 Å². The smallest absolute Gasteiger partial charge is 0.280 e. The number of carbonyl (C=O) groups is 1. The summed E-state index contributed by atoms with van der Waals surface area (Å²) in [7, 11) is 6.79. The molecule has 6 rings (SSSR count). The van der Waals surface area contributed by atoms with E-state index in [2.05, 4.69) is 9.97 Å². The minimum absolute atomic E-state index is 0.113. The standard InChI is InChI=1S/C34H33Cl2N7O4/c1-19(2)29-27-28(39-43(29)26-16-37-34(40(3)4)38-31(26)47-6)33(45)42(30(27)21-9-11-22(35)12-10-21)25-15-23(36)18-41(32(25)44)17-20-7-13-24(46-5)14-8-20/h7-16,18-19,30H,17H2,1-6H3. The maximum absolute atomic E-state index is 14.5. The van der Waals surface area contributed by atoms with E-state index >= 15 is 0 Å². The summed E-state index contributed by atoms with van der Waals surface area (Å²) in [5, 5.41) is 5.69. The van der Waals surface area contributed by atoms with Gasteiger partial charge >= 0.3 is 0 Å². The van der Waals surface area contributed by atoms with Crippen molar-refractivity contribution in [1.82, 2.24) is 24.3 Å². The fraction of sp³-hybridized carbons (Fsp3) is 0.265. The number of rotatable bonds is 9. The summed E-state index contributed by atoms with van der Waals surface area (Å²) in [4.78, 5) is 41.0. The first kappa shape index (κ1) is 32.1. The Balaban J connectivity index is 1.54. The van der Waals surface area contributed by atoms with E-state index in [9.17, 15) is 9.59 Å². The van der Waals surface area contributed by atoms with E-state index < -0.39 is 11.9 Å². The van der Waals surface area contributed by atoms with Crippen LogP contribution in [-0.4, -0.2) is 58.5 Å². The molecule has 1 unspecified atom stereocenters. The van der Waals surface area contributed by atoms with Gasteiger partial charge in [-0.05, 0) is 47.4 Å². The highest BCUT2D eigenvalue weighted by atomic mass is 35.5.